The number of hydrogen-bond acceptors (Lipinski definition) is 2. The smallest absolute Gasteiger partial charge is 0.290 e. The summed E-state index contributed by atoms with van der Waals surface area (Å²) in [7, 11) is -4.72. The predicted molar refractivity (Wildman–Crippen MR) is 73.2 cm³/mol. The molecular formula is C13H15F6N2O2S+. The molecule has 0 saturated heterocycles. The summed E-state index contributed by atoms with van der Waals surface area (Å²) in [5.74, 6) is -0.325. The summed E-state index contributed by atoms with van der Waals surface area (Å²) in [6.45, 7) is 4.54. The minimum atomic E-state index is -5.15. The molecule has 0 unspecified atom stereocenters. The average molecular weight is 377 g/mol. The lowest BCUT2D eigenvalue weighted by molar-refractivity contribution is -0.275. The molecule has 0 spiro atoms. The average Bonchev–Trinajstić information content (AvgIpc) is 2.34. The summed E-state index contributed by atoms with van der Waals surface area (Å²) in [5, 5.41) is 0. The number of halogens is 6. The second kappa shape index (κ2) is 5.94. The minimum Gasteiger partial charge on any atom is -0.290 e. The first-order chi connectivity index (χ1) is 10.4. The second-order valence-corrected chi connectivity index (χ2v) is 7.69. The Morgan fingerprint density at radius 3 is 1.58 bits per heavy atom. The van der Waals surface area contributed by atoms with Gasteiger partial charge in [-0.3, -0.25) is 5.73 Å². The summed E-state index contributed by atoms with van der Waals surface area (Å²) in [5.41, 5.74) is 1.16. The van der Waals surface area contributed by atoms with Crippen molar-refractivity contribution in [1.29, 1.82) is 0 Å². The number of benzene rings is 1. The first-order valence-corrected chi connectivity index (χ1v) is 7.88. The molecule has 4 nitrogen and oxygen atoms in total. The molecule has 0 fully saturated rings. The first-order valence-electron chi connectivity index (χ1n) is 6.40. The van der Waals surface area contributed by atoms with Crippen LogP contribution in [-0.4, -0.2) is 14.3 Å². The van der Waals surface area contributed by atoms with Crippen LogP contribution in [0, 0.1) is 5.41 Å². The van der Waals surface area contributed by atoms with Crippen molar-refractivity contribution in [2.75, 3.05) is 0 Å². The highest BCUT2D eigenvalue weighted by Gasteiger charge is 2.38. The predicted octanol–water partition coefficient (Wildman–Crippen LogP) is 1.90. The molecule has 0 atom stereocenters. The number of hydrogen-bond donors (Lipinski definition) is 2. The zero-order chi connectivity index (χ0) is 19.1. The second-order valence-electron chi connectivity index (χ2n) is 6.01. The molecule has 11 heteroatoms. The van der Waals surface area contributed by atoms with E-state index < -0.39 is 43.8 Å². The number of rotatable bonds is 2. The van der Waals surface area contributed by atoms with Crippen molar-refractivity contribution in [1.82, 2.24) is 0 Å². The van der Waals surface area contributed by atoms with Gasteiger partial charge in [-0.15, -0.1) is 0 Å². The van der Waals surface area contributed by atoms with E-state index in [2.05, 4.69) is 0 Å². The molecule has 0 radical (unpaired) electrons. The molecule has 0 aliphatic rings. The maximum absolute atomic E-state index is 12.8. The van der Waals surface area contributed by atoms with Crippen LogP contribution in [0.15, 0.2) is 23.1 Å². The molecule has 0 saturated carbocycles. The van der Waals surface area contributed by atoms with E-state index in [1.165, 1.54) is 20.8 Å². The van der Waals surface area contributed by atoms with Gasteiger partial charge >= 0.3 is 22.4 Å². The van der Waals surface area contributed by atoms with Crippen molar-refractivity contribution in [2.24, 2.45) is 11.1 Å². The molecule has 24 heavy (non-hydrogen) atoms. The van der Waals surface area contributed by atoms with Gasteiger partial charge in [0.15, 0.2) is 0 Å². The van der Waals surface area contributed by atoms with Crippen LogP contribution >= 0.6 is 0 Å². The molecular weight excluding hydrogens is 362 g/mol. The fraction of sp³-hybridized carbons (Fsp3) is 0.462. The Morgan fingerprint density at radius 2 is 1.29 bits per heavy atom. The monoisotopic (exact) mass is 377 g/mol. The molecule has 1 rings (SSSR count). The van der Waals surface area contributed by atoms with Gasteiger partial charge in [0.1, 0.15) is 4.90 Å². The van der Waals surface area contributed by atoms with E-state index in [1.807, 2.05) is 0 Å². The van der Waals surface area contributed by atoms with Gasteiger partial charge in [-0.05, 0) is 39.0 Å². The number of amidine groups is 1. The third-order valence-electron chi connectivity index (χ3n) is 2.92. The lowest BCUT2D eigenvalue weighted by Gasteiger charge is -2.14. The Morgan fingerprint density at radius 1 is 0.917 bits per heavy atom. The van der Waals surface area contributed by atoms with Crippen molar-refractivity contribution in [2.45, 2.75) is 38.0 Å². The molecule has 1 aromatic carbocycles. The van der Waals surface area contributed by atoms with Gasteiger partial charge in [-0.2, -0.15) is 39.2 Å². The summed E-state index contributed by atoms with van der Waals surface area (Å²) in [6, 6.07) is 0.0802. The molecule has 0 bridgehead atoms. The molecule has 0 aromatic heterocycles. The summed E-state index contributed by atoms with van der Waals surface area (Å²) in [6.07, 6.45) is -10.3. The summed E-state index contributed by atoms with van der Waals surface area (Å²) >= 11 is 0. The van der Waals surface area contributed by atoms with Crippen LogP contribution in [0.4, 0.5) is 26.3 Å². The van der Waals surface area contributed by atoms with Crippen LogP contribution in [0.1, 0.15) is 31.9 Å². The van der Waals surface area contributed by atoms with Crippen LogP contribution in [-0.2, 0) is 22.4 Å². The van der Waals surface area contributed by atoms with Crippen molar-refractivity contribution in [3.05, 3.63) is 29.3 Å². The number of alkyl halides is 6. The number of sulfonamides is 1. The van der Waals surface area contributed by atoms with Crippen molar-refractivity contribution < 1.29 is 39.2 Å². The normalized spacial score (nSPS) is 14.8. The van der Waals surface area contributed by atoms with Crippen LogP contribution in [0.2, 0.25) is 0 Å². The van der Waals surface area contributed by atoms with E-state index in [4.69, 9.17) is 5.73 Å². The van der Waals surface area contributed by atoms with E-state index >= 15 is 0 Å². The van der Waals surface area contributed by atoms with Gasteiger partial charge < -0.3 is 0 Å². The van der Waals surface area contributed by atoms with Crippen molar-refractivity contribution in [3.63, 3.8) is 0 Å². The van der Waals surface area contributed by atoms with E-state index in [9.17, 15) is 34.8 Å². The Hall–Kier alpha value is -1.78. The fourth-order valence-electron chi connectivity index (χ4n) is 1.44. The summed E-state index contributed by atoms with van der Waals surface area (Å²) < 4.78 is 103. The van der Waals surface area contributed by atoms with Crippen LogP contribution in [0.25, 0.3) is 0 Å². The zero-order valence-electron chi connectivity index (χ0n) is 12.8. The van der Waals surface area contributed by atoms with Gasteiger partial charge in [0.05, 0.1) is 16.5 Å². The molecule has 3 N–H and O–H groups in total. The van der Waals surface area contributed by atoms with Crippen LogP contribution < -0.4 is 10.1 Å². The molecule has 0 heterocycles. The van der Waals surface area contributed by atoms with E-state index in [-0.39, 0.29) is 24.0 Å². The lowest BCUT2D eigenvalue weighted by atomic mass is 9.96. The molecule has 136 valence electrons. The highest BCUT2D eigenvalue weighted by atomic mass is 32.2. The minimum absolute atomic E-state index is 0.119. The molecule has 1 aromatic rings. The molecule has 0 amide bonds. The quantitative estimate of drug-likeness (QED) is 0.470. The third kappa shape index (κ3) is 4.86. The SMILES string of the molecule is CC(C)(C)C(N)=[NH+]S(=O)(=O)c1cc(C(F)(F)F)cc(C(F)(F)F)c1. The summed E-state index contributed by atoms with van der Waals surface area (Å²) in [4.78, 5) is -1.18. The standard InChI is InChI=1S/C13H14F6N2O2S/c1-11(2,3)10(20)21-24(22,23)9-5-7(12(14,15)16)4-8(6-9)13(17,18)19/h4-6H,1-3H3,(H2,20,21)/p+1. The highest BCUT2D eigenvalue weighted by molar-refractivity contribution is 7.84. The Balaban J connectivity index is 3.65. The van der Waals surface area contributed by atoms with E-state index in [0.29, 0.717) is 0 Å². The maximum atomic E-state index is 12.8. The molecule has 0 aliphatic heterocycles. The van der Waals surface area contributed by atoms with Gasteiger partial charge in [-0.1, -0.05) is 0 Å². The lowest BCUT2D eigenvalue weighted by Crippen LogP contribution is -2.80. The van der Waals surface area contributed by atoms with Crippen LogP contribution in [0.5, 0.6) is 0 Å². The third-order valence-corrected chi connectivity index (χ3v) is 4.27. The zero-order valence-corrected chi connectivity index (χ0v) is 13.6. The van der Waals surface area contributed by atoms with E-state index in [1.54, 1.807) is 4.40 Å². The van der Waals surface area contributed by atoms with E-state index in [0.717, 1.165) is 0 Å². The Labute approximate surface area is 134 Å². The van der Waals surface area contributed by atoms with Gasteiger partial charge in [-0.25, -0.2) is 0 Å². The molecule has 0 aliphatic carbocycles. The van der Waals surface area contributed by atoms with Crippen molar-refractivity contribution in [3.8, 4) is 0 Å². The fourth-order valence-corrected chi connectivity index (χ4v) is 2.72. The van der Waals surface area contributed by atoms with Crippen molar-refractivity contribution >= 4 is 15.9 Å². The Bertz CT molecular complexity index is 726. The van der Waals surface area contributed by atoms with Gasteiger partial charge in [0, 0.05) is 0 Å². The Kier molecular flexibility index (Phi) is 5.01. The maximum Gasteiger partial charge on any atom is 0.416 e. The first kappa shape index (κ1) is 20.3. The van der Waals surface area contributed by atoms with Gasteiger partial charge in [0.25, 0.3) is 5.84 Å². The number of nitrogens with one attached hydrogen (secondary N) is 1. The topological polar surface area (TPSA) is 74.1 Å². The highest BCUT2D eigenvalue weighted by Crippen LogP contribution is 2.36. The van der Waals surface area contributed by atoms with Crippen LogP contribution in [0.3, 0.4) is 0 Å². The van der Waals surface area contributed by atoms with Gasteiger partial charge in [0.2, 0.25) is 0 Å². The number of nitrogens with two attached hydrogens (primary N) is 1. The largest absolute Gasteiger partial charge is 0.416 e.